The van der Waals surface area contributed by atoms with Gasteiger partial charge in [-0.3, -0.25) is 4.79 Å². The number of piperidine rings is 1. The van der Waals surface area contributed by atoms with E-state index in [0.717, 1.165) is 52.0 Å². The molecule has 3 rings (SSSR count). The van der Waals surface area contributed by atoms with E-state index in [1.165, 1.54) is 5.69 Å². The number of anilines is 1. The highest BCUT2D eigenvalue weighted by atomic mass is 35.5. The molecule has 2 atom stereocenters. The lowest BCUT2D eigenvalue weighted by molar-refractivity contribution is -0.135. The van der Waals surface area contributed by atoms with Crippen molar-refractivity contribution in [3.63, 3.8) is 0 Å². The second-order valence-corrected chi connectivity index (χ2v) is 7.00. The van der Waals surface area contributed by atoms with Crippen molar-refractivity contribution in [3.8, 4) is 0 Å². The number of rotatable bonds is 4. The average Bonchev–Trinajstić information content (AvgIpc) is 2.67. The molecule has 0 bridgehead atoms. The number of para-hydroxylation sites is 1. The number of hydrogen-bond donors (Lipinski definition) is 1. The fourth-order valence-corrected chi connectivity index (χ4v) is 3.84. The van der Waals surface area contributed by atoms with Crippen molar-refractivity contribution in [2.75, 3.05) is 38.3 Å². The predicted molar refractivity (Wildman–Crippen MR) is 110 cm³/mol. The molecule has 0 radical (unpaired) electrons. The van der Waals surface area contributed by atoms with E-state index in [9.17, 15) is 4.79 Å². The van der Waals surface area contributed by atoms with E-state index in [1.54, 1.807) is 0 Å². The minimum Gasteiger partial charge on any atom is -0.381 e. The van der Waals surface area contributed by atoms with Crippen molar-refractivity contribution >= 4 is 36.4 Å². The van der Waals surface area contributed by atoms with Gasteiger partial charge in [-0.2, -0.15) is 0 Å². The van der Waals surface area contributed by atoms with Gasteiger partial charge >= 0.3 is 0 Å². The zero-order valence-corrected chi connectivity index (χ0v) is 17.0. The Balaban J connectivity index is 0.00000169. The van der Waals surface area contributed by atoms with Gasteiger partial charge < -0.3 is 20.3 Å². The van der Waals surface area contributed by atoms with Crippen molar-refractivity contribution in [1.29, 1.82) is 0 Å². The number of carbonyl (C=O) groups excluding carboxylic acids is 1. The standard InChI is InChI=1S/C19H29N3O2.2ClH/c1-21(19(23)18(20)15-9-12-24-13-10-15)17-8-5-11-22(14-17)16-6-3-2-4-7-16;;/h2-4,6-7,15,17-18H,5,8-14,20H2,1H3;2*1H. The van der Waals surface area contributed by atoms with Crippen molar-refractivity contribution in [2.24, 2.45) is 11.7 Å². The molecule has 2 heterocycles. The van der Waals surface area contributed by atoms with E-state index < -0.39 is 6.04 Å². The van der Waals surface area contributed by atoms with E-state index in [4.69, 9.17) is 10.5 Å². The highest BCUT2D eigenvalue weighted by Gasteiger charge is 2.33. The highest BCUT2D eigenvalue weighted by molar-refractivity contribution is 5.85. The fourth-order valence-electron chi connectivity index (χ4n) is 3.84. The van der Waals surface area contributed by atoms with Gasteiger partial charge in [0.05, 0.1) is 6.04 Å². The van der Waals surface area contributed by atoms with Crippen LogP contribution < -0.4 is 10.6 Å². The van der Waals surface area contributed by atoms with Gasteiger partial charge in [-0.1, -0.05) is 18.2 Å². The molecule has 7 heteroatoms. The fraction of sp³-hybridized carbons (Fsp3) is 0.632. The molecule has 148 valence electrons. The van der Waals surface area contributed by atoms with Crippen LogP contribution in [0.3, 0.4) is 0 Å². The summed E-state index contributed by atoms with van der Waals surface area (Å²) in [6.07, 6.45) is 3.93. The number of hydrogen-bond acceptors (Lipinski definition) is 4. The number of carbonyl (C=O) groups is 1. The molecule has 0 saturated carbocycles. The lowest BCUT2D eigenvalue weighted by atomic mass is 9.91. The Bertz CT molecular complexity index is 541. The summed E-state index contributed by atoms with van der Waals surface area (Å²) in [4.78, 5) is 17.1. The number of benzene rings is 1. The molecule has 2 aliphatic heterocycles. The molecule has 1 amide bonds. The number of nitrogens with two attached hydrogens (primary N) is 1. The molecule has 0 aliphatic carbocycles. The topological polar surface area (TPSA) is 58.8 Å². The predicted octanol–water partition coefficient (Wildman–Crippen LogP) is 2.71. The first-order chi connectivity index (χ1) is 11.7. The van der Waals surface area contributed by atoms with Crippen molar-refractivity contribution in [3.05, 3.63) is 30.3 Å². The van der Waals surface area contributed by atoms with Crippen molar-refractivity contribution < 1.29 is 9.53 Å². The smallest absolute Gasteiger partial charge is 0.239 e. The van der Waals surface area contributed by atoms with Crippen LogP contribution in [0.1, 0.15) is 25.7 Å². The van der Waals surface area contributed by atoms with E-state index in [2.05, 4.69) is 29.2 Å². The molecular weight excluding hydrogens is 373 g/mol. The molecule has 2 aliphatic rings. The maximum Gasteiger partial charge on any atom is 0.239 e. The SMILES string of the molecule is CN(C(=O)C(N)C1CCOCC1)C1CCCN(c2ccccc2)C1.Cl.Cl. The summed E-state index contributed by atoms with van der Waals surface area (Å²) in [6.45, 7) is 3.38. The number of likely N-dealkylation sites (N-methyl/N-ethyl adjacent to an activating group) is 1. The van der Waals surface area contributed by atoms with Crippen LogP contribution in [0.25, 0.3) is 0 Å². The Morgan fingerprint density at radius 3 is 2.50 bits per heavy atom. The Morgan fingerprint density at radius 2 is 1.85 bits per heavy atom. The Hall–Kier alpha value is -1.01. The Morgan fingerprint density at radius 1 is 1.19 bits per heavy atom. The molecule has 1 aromatic rings. The quantitative estimate of drug-likeness (QED) is 0.839. The highest BCUT2D eigenvalue weighted by Crippen LogP contribution is 2.24. The largest absolute Gasteiger partial charge is 0.381 e. The van der Waals surface area contributed by atoms with Crippen LogP contribution >= 0.6 is 24.8 Å². The van der Waals surface area contributed by atoms with Crippen molar-refractivity contribution in [2.45, 2.75) is 37.8 Å². The lowest BCUT2D eigenvalue weighted by Crippen LogP contribution is -2.54. The number of ether oxygens (including phenoxy) is 1. The summed E-state index contributed by atoms with van der Waals surface area (Å²) in [5, 5.41) is 0. The zero-order chi connectivity index (χ0) is 16.9. The van der Waals surface area contributed by atoms with Crippen LogP contribution in [-0.4, -0.2) is 56.2 Å². The molecule has 0 aromatic heterocycles. The maximum atomic E-state index is 12.8. The minimum absolute atomic E-state index is 0. The molecule has 2 N–H and O–H groups in total. The van der Waals surface area contributed by atoms with Gasteiger partial charge in [-0.15, -0.1) is 24.8 Å². The molecule has 0 spiro atoms. The molecule has 26 heavy (non-hydrogen) atoms. The first-order valence-corrected chi connectivity index (χ1v) is 9.07. The third-order valence-electron chi connectivity index (χ3n) is 5.47. The van der Waals surface area contributed by atoms with Crippen LogP contribution in [0.15, 0.2) is 30.3 Å². The first-order valence-electron chi connectivity index (χ1n) is 9.07. The molecule has 2 unspecified atom stereocenters. The molecule has 2 saturated heterocycles. The van der Waals surface area contributed by atoms with Gasteiger partial charge in [0.15, 0.2) is 0 Å². The van der Waals surface area contributed by atoms with Gasteiger partial charge in [0, 0.05) is 45.1 Å². The number of nitrogens with zero attached hydrogens (tertiary/aromatic N) is 2. The maximum absolute atomic E-state index is 12.8. The summed E-state index contributed by atoms with van der Waals surface area (Å²) in [6, 6.07) is 10.3. The molecule has 5 nitrogen and oxygen atoms in total. The van der Waals surface area contributed by atoms with Crippen LogP contribution in [0.5, 0.6) is 0 Å². The summed E-state index contributed by atoms with van der Waals surface area (Å²) in [7, 11) is 1.92. The lowest BCUT2D eigenvalue weighted by Gasteiger charge is -2.40. The third kappa shape index (κ3) is 5.49. The second kappa shape index (κ2) is 11.0. The Kier molecular flexibility index (Phi) is 9.72. The van der Waals surface area contributed by atoms with E-state index in [-0.39, 0.29) is 42.7 Å². The van der Waals surface area contributed by atoms with Gasteiger partial charge in [-0.05, 0) is 43.7 Å². The normalized spacial score (nSPS) is 21.9. The third-order valence-corrected chi connectivity index (χ3v) is 5.47. The summed E-state index contributed by atoms with van der Waals surface area (Å²) < 4.78 is 5.38. The van der Waals surface area contributed by atoms with E-state index >= 15 is 0 Å². The van der Waals surface area contributed by atoms with Crippen molar-refractivity contribution in [1.82, 2.24) is 4.90 Å². The van der Waals surface area contributed by atoms with Gasteiger partial charge in [0.1, 0.15) is 0 Å². The summed E-state index contributed by atoms with van der Waals surface area (Å²) in [5.41, 5.74) is 7.52. The minimum atomic E-state index is -0.397. The van der Waals surface area contributed by atoms with E-state index in [1.807, 2.05) is 18.0 Å². The second-order valence-electron chi connectivity index (χ2n) is 7.00. The summed E-state index contributed by atoms with van der Waals surface area (Å²) >= 11 is 0. The monoisotopic (exact) mass is 403 g/mol. The van der Waals surface area contributed by atoms with Crippen LogP contribution in [0.4, 0.5) is 5.69 Å². The molecular formula is C19H31Cl2N3O2. The zero-order valence-electron chi connectivity index (χ0n) is 15.4. The van der Waals surface area contributed by atoms with Crippen LogP contribution in [0, 0.1) is 5.92 Å². The van der Waals surface area contributed by atoms with E-state index in [0.29, 0.717) is 0 Å². The number of amides is 1. The Labute approximate surface area is 169 Å². The van der Waals surface area contributed by atoms with Gasteiger partial charge in [0.2, 0.25) is 5.91 Å². The average molecular weight is 404 g/mol. The summed E-state index contributed by atoms with van der Waals surface area (Å²) in [5.74, 6) is 0.337. The number of halogens is 2. The van der Waals surface area contributed by atoms with Crippen LogP contribution in [0.2, 0.25) is 0 Å². The molecule has 2 fully saturated rings. The van der Waals surface area contributed by atoms with Crippen LogP contribution in [-0.2, 0) is 9.53 Å². The van der Waals surface area contributed by atoms with Gasteiger partial charge in [0.25, 0.3) is 0 Å². The molecule has 1 aromatic carbocycles. The first kappa shape index (κ1) is 23.0. The van der Waals surface area contributed by atoms with Gasteiger partial charge in [-0.25, -0.2) is 0 Å².